The molecule has 0 aliphatic rings. The van der Waals surface area contributed by atoms with Gasteiger partial charge in [-0.05, 0) is 42.8 Å². The fraction of sp³-hybridized carbons (Fsp3) is 0.133. The highest BCUT2D eigenvalue weighted by Gasteiger charge is 2.15. The summed E-state index contributed by atoms with van der Waals surface area (Å²) in [5.74, 6) is -1.44. The Morgan fingerprint density at radius 1 is 1.15 bits per heavy atom. The van der Waals surface area contributed by atoms with Crippen LogP contribution in [0.4, 0.5) is 8.78 Å². The minimum Gasteiger partial charge on any atom is -0.345 e. The number of carbonyl (C=O) groups excluding carboxylic acids is 1. The smallest absolute Gasteiger partial charge is 0.254 e. The zero-order valence-electron chi connectivity index (χ0n) is 10.7. The normalized spacial score (nSPS) is 12.0. The first-order chi connectivity index (χ1) is 9.47. The molecule has 2 aromatic carbocycles. The molecular formula is C15H12BrF2NO. The first-order valence-electron chi connectivity index (χ1n) is 5.99. The van der Waals surface area contributed by atoms with Crippen LogP contribution in [0, 0.1) is 11.6 Å². The summed E-state index contributed by atoms with van der Waals surface area (Å²) >= 11 is 3.13. The lowest BCUT2D eigenvalue weighted by Gasteiger charge is -2.14. The topological polar surface area (TPSA) is 29.1 Å². The summed E-state index contributed by atoms with van der Waals surface area (Å²) in [6.45, 7) is 1.75. The quantitative estimate of drug-likeness (QED) is 0.891. The van der Waals surface area contributed by atoms with Gasteiger partial charge >= 0.3 is 0 Å². The monoisotopic (exact) mass is 339 g/mol. The second-order valence-electron chi connectivity index (χ2n) is 4.37. The molecule has 1 atom stereocenters. The van der Waals surface area contributed by atoms with Crippen LogP contribution < -0.4 is 5.32 Å². The van der Waals surface area contributed by atoms with E-state index in [1.54, 1.807) is 25.1 Å². The number of nitrogens with one attached hydrogen (secondary N) is 1. The molecule has 104 valence electrons. The van der Waals surface area contributed by atoms with E-state index in [-0.39, 0.29) is 17.4 Å². The van der Waals surface area contributed by atoms with Gasteiger partial charge < -0.3 is 5.32 Å². The molecule has 0 spiro atoms. The number of halogens is 3. The van der Waals surface area contributed by atoms with Crippen molar-refractivity contribution in [2.45, 2.75) is 13.0 Å². The number of carbonyl (C=O) groups is 1. The summed E-state index contributed by atoms with van der Waals surface area (Å²) in [6.07, 6.45) is 0. The van der Waals surface area contributed by atoms with Gasteiger partial charge in [0.1, 0.15) is 11.6 Å². The van der Waals surface area contributed by atoms with Crippen molar-refractivity contribution in [2.24, 2.45) is 0 Å². The average molecular weight is 340 g/mol. The SMILES string of the molecule is CC(NC(=O)c1ccc(Br)cc1F)c1ccc(F)cc1. The minimum absolute atomic E-state index is 0.0258. The number of rotatable bonds is 3. The van der Waals surface area contributed by atoms with Gasteiger partial charge in [-0.3, -0.25) is 4.79 Å². The zero-order chi connectivity index (χ0) is 14.7. The van der Waals surface area contributed by atoms with Crippen molar-refractivity contribution < 1.29 is 13.6 Å². The Morgan fingerprint density at radius 2 is 1.80 bits per heavy atom. The van der Waals surface area contributed by atoms with Crippen molar-refractivity contribution in [3.63, 3.8) is 0 Å². The predicted molar refractivity (Wildman–Crippen MR) is 76.4 cm³/mol. The molecule has 1 unspecified atom stereocenters. The fourth-order valence-electron chi connectivity index (χ4n) is 1.78. The highest BCUT2D eigenvalue weighted by Crippen LogP contribution is 2.17. The molecule has 0 aliphatic heterocycles. The van der Waals surface area contributed by atoms with E-state index in [2.05, 4.69) is 21.2 Å². The molecule has 0 heterocycles. The third-order valence-corrected chi connectivity index (χ3v) is 3.39. The van der Waals surface area contributed by atoms with E-state index in [9.17, 15) is 13.6 Å². The van der Waals surface area contributed by atoms with Gasteiger partial charge in [0.15, 0.2) is 0 Å². The summed E-state index contributed by atoms with van der Waals surface area (Å²) in [5, 5.41) is 2.68. The predicted octanol–water partition coefficient (Wildman–Crippen LogP) is 4.22. The summed E-state index contributed by atoms with van der Waals surface area (Å²) < 4.78 is 27.1. The van der Waals surface area contributed by atoms with E-state index in [1.807, 2.05) is 0 Å². The number of amides is 1. The van der Waals surface area contributed by atoms with E-state index in [1.165, 1.54) is 24.3 Å². The Morgan fingerprint density at radius 3 is 2.40 bits per heavy atom. The Balaban J connectivity index is 2.13. The maximum absolute atomic E-state index is 13.7. The van der Waals surface area contributed by atoms with Gasteiger partial charge in [-0.2, -0.15) is 0 Å². The molecule has 0 fully saturated rings. The van der Waals surface area contributed by atoms with Crippen LogP contribution in [-0.2, 0) is 0 Å². The van der Waals surface area contributed by atoms with Crippen LogP contribution in [0.5, 0.6) is 0 Å². The van der Waals surface area contributed by atoms with Gasteiger partial charge in [0, 0.05) is 4.47 Å². The molecule has 0 saturated heterocycles. The lowest BCUT2D eigenvalue weighted by molar-refractivity contribution is 0.0936. The second-order valence-corrected chi connectivity index (χ2v) is 5.29. The Hall–Kier alpha value is -1.75. The molecule has 0 aromatic heterocycles. The van der Waals surface area contributed by atoms with Crippen LogP contribution in [-0.4, -0.2) is 5.91 Å². The van der Waals surface area contributed by atoms with Gasteiger partial charge in [0.2, 0.25) is 0 Å². The maximum Gasteiger partial charge on any atom is 0.254 e. The van der Waals surface area contributed by atoms with Crippen LogP contribution in [0.1, 0.15) is 28.9 Å². The van der Waals surface area contributed by atoms with E-state index >= 15 is 0 Å². The summed E-state index contributed by atoms with van der Waals surface area (Å²) in [6, 6.07) is 9.70. The number of hydrogen-bond acceptors (Lipinski definition) is 1. The van der Waals surface area contributed by atoms with Crippen molar-refractivity contribution >= 4 is 21.8 Å². The third kappa shape index (κ3) is 3.42. The van der Waals surface area contributed by atoms with Gasteiger partial charge in [0.05, 0.1) is 11.6 Å². The molecule has 2 aromatic rings. The van der Waals surface area contributed by atoms with Crippen molar-refractivity contribution in [1.82, 2.24) is 5.32 Å². The maximum atomic E-state index is 13.7. The molecule has 20 heavy (non-hydrogen) atoms. The fourth-order valence-corrected chi connectivity index (χ4v) is 2.12. The minimum atomic E-state index is -0.594. The molecule has 2 nitrogen and oxygen atoms in total. The molecule has 0 saturated carbocycles. The highest BCUT2D eigenvalue weighted by molar-refractivity contribution is 9.10. The van der Waals surface area contributed by atoms with Gasteiger partial charge in [-0.25, -0.2) is 8.78 Å². The van der Waals surface area contributed by atoms with Crippen LogP contribution >= 0.6 is 15.9 Å². The van der Waals surface area contributed by atoms with E-state index < -0.39 is 11.7 Å². The second kappa shape index (κ2) is 6.13. The average Bonchev–Trinajstić information content (AvgIpc) is 2.39. The van der Waals surface area contributed by atoms with Crippen LogP contribution in [0.2, 0.25) is 0 Å². The number of benzene rings is 2. The molecule has 2 rings (SSSR count). The molecule has 5 heteroatoms. The Labute approximate surface area is 123 Å². The Kier molecular flexibility index (Phi) is 4.49. The summed E-state index contributed by atoms with van der Waals surface area (Å²) in [5.41, 5.74) is 0.722. The molecular weight excluding hydrogens is 328 g/mol. The van der Waals surface area contributed by atoms with Gasteiger partial charge in [0.25, 0.3) is 5.91 Å². The van der Waals surface area contributed by atoms with Gasteiger partial charge in [-0.1, -0.05) is 28.1 Å². The van der Waals surface area contributed by atoms with E-state index in [4.69, 9.17) is 0 Å². The summed E-state index contributed by atoms with van der Waals surface area (Å²) in [4.78, 5) is 12.0. The zero-order valence-corrected chi connectivity index (χ0v) is 12.2. The van der Waals surface area contributed by atoms with Crippen molar-refractivity contribution in [2.75, 3.05) is 0 Å². The molecule has 0 radical (unpaired) electrons. The van der Waals surface area contributed by atoms with Crippen LogP contribution in [0.3, 0.4) is 0 Å². The van der Waals surface area contributed by atoms with Crippen LogP contribution in [0.15, 0.2) is 46.9 Å². The van der Waals surface area contributed by atoms with Crippen molar-refractivity contribution in [1.29, 1.82) is 0 Å². The molecule has 1 amide bonds. The Bertz CT molecular complexity index is 628. The van der Waals surface area contributed by atoms with Crippen molar-refractivity contribution in [3.05, 3.63) is 69.7 Å². The standard InChI is InChI=1S/C15H12BrF2NO/c1-9(10-2-5-12(17)6-3-10)19-15(20)13-7-4-11(16)8-14(13)18/h2-9H,1H3,(H,19,20). The molecule has 0 bridgehead atoms. The first-order valence-corrected chi connectivity index (χ1v) is 6.78. The lowest BCUT2D eigenvalue weighted by atomic mass is 10.1. The van der Waals surface area contributed by atoms with Gasteiger partial charge in [-0.15, -0.1) is 0 Å². The summed E-state index contributed by atoms with van der Waals surface area (Å²) in [7, 11) is 0. The third-order valence-electron chi connectivity index (χ3n) is 2.89. The van der Waals surface area contributed by atoms with E-state index in [0.29, 0.717) is 4.47 Å². The lowest BCUT2D eigenvalue weighted by Crippen LogP contribution is -2.27. The number of hydrogen-bond donors (Lipinski definition) is 1. The largest absolute Gasteiger partial charge is 0.345 e. The highest BCUT2D eigenvalue weighted by atomic mass is 79.9. The molecule has 0 aliphatic carbocycles. The van der Waals surface area contributed by atoms with Crippen LogP contribution in [0.25, 0.3) is 0 Å². The van der Waals surface area contributed by atoms with E-state index in [0.717, 1.165) is 5.56 Å². The molecule has 1 N–H and O–H groups in total. The first kappa shape index (κ1) is 14.7. The van der Waals surface area contributed by atoms with Crippen molar-refractivity contribution in [3.8, 4) is 0 Å².